The first-order chi connectivity index (χ1) is 8.21. The van der Waals surface area contributed by atoms with Crippen LogP contribution in [-0.2, 0) is 20.4 Å². The highest BCUT2D eigenvalue weighted by Crippen LogP contribution is 2.22. The topological polar surface area (TPSA) is 115 Å². The number of nitro benzene ring substituents is 1. The number of sulfone groups is 1. The second-order valence-corrected chi connectivity index (χ2v) is 5.52. The minimum atomic E-state index is -4.08. The molecule has 0 aromatic heterocycles. The largest absolute Gasteiger partial charge is 0.480 e. The molecule has 0 radical (unpaired) electrons. The van der Waals surface area contributed by atoms with E-state index in [4.69, 9.17) is 5.11 Å². The van der Waals surface area contributed by atoms with Crippen molar-refractivity contribution < 1.29 is 27.6 Å². The van der Waals surface area contributed by atoms with Crippen LogP contribution in [0, 0.1) is 15.9 Å². The van der Waals surface area contributed by atoms with E-state index in [1.807, 2.05) is 0 Å². The van der Waals surface area contributed by atoms with Gasteiger partial charge in [-0.15, -0.1) is 0 Å². The summed E-state index contributed by atoms with van der Waals surface area (Å²) in [5.74, 6) is -4.47. The van der Waals surface area contributed by atoms with Crippen molar-refractivity contribution in [2.24, 2.45) is 0 Å². The molecule has 0 unspecified atom stereocenters. The second-order valence-electron chi connectivity index (χ2n) is 3.46. The van der Waals surface area contributed by atoms with Crippen LogP contribution in [0.5, 0.6) is 0 Å². The van der Waals surface area contributed by atoms with E-state index in [2.05, 4.69) is 0 Å². The molecule has 98 valence electrons. The molecule has 0 fully saturated rings. The molecule has 0 heterocycles. The minimum absolute atomic E-state index is 0.374. The monoisotopic (exact) mass is 277 g/mol. The summed E-state index contributed by atoms with van der Waals surface area (Å²) in [6.45, 7) is 0. The van der Waals surface area contributed by atoms with E-state index >= 15 is 0 Å². The fourth-order valence-electron chi connectivity index (χ4n) is 1.32. The Balaban J connectivity index is 3.14. The Morgan fingerprint density at radius 2 is 2.06 bits per heavy atom. The van der Waals surface area contributed by atoms with Crippen LogP contribution in [0.25, 0.3) is 0 Å². The van der Waals surface area contributed by atoms with Gasteiger partial charge in [-0.1, -0.05) is 0 Å². The Labute approximate surface area is 101 Å². The Hall–Kier alpha value is -2.03. The molecular formula is C9H8FNO6S. The number of benzene rings is 1. The number of nitrogens with zero attached hydrogens (tertiary/aromatic N) is 1. The number of hydrogen-bond donors (Lipinski definition) is 1. The highest BCUT2D eigenvalue weighted by Gasteiger charge is 2.23. The predicted molar refractivity (Wildman–Crippen MR) is 58.2 cm³/mol. The Morgan fingerprint density at radius 1 is 1.44 bits per heavy atom. The van der Waals surface area contributed by atoms with E-state index in [0.717, 1.165) is 12.1 Å². The van der Waals surface area contributed by atoms with Gasteiger partial charge < -0.3 is 5.11 Å². The number of hydrogen-bond acceptors (Lipinski definition) is 5. The van der Waals surface area contributed by atoms with Crippen molar-refractivity contribution in [1.29, 1.82) is 0 Å². The van der Waals surface area contributed by atoms with Gasteiger partial charge in [-0.05, 0) is 12.1 Å². The van der Waals surface area contributed by atoms with Crippen molar-refractivity contribution in [3.8, 4) is 0 Å². The third kappa shape index (κ3) is 3.77. The number of rotatable bonds is 5. The zero-order chi connectivity index (χ0) is 13.9. The van der Waals surface area contributed by atoms with E-state index in [1.54, 1.807) is 0 Å². The maximum atomic E-state index is 12.9. The molecule has 1 aromatic rings. The van der Waals surface area contributed by atoms with Gasteiger partial charge in [0.2, 0.25) is 0 Å². The van der Waals surface area contributed by atoms with Crippen LogP contribution >= 0.6 is 0 Å². The number of carboxylic acid groups (broad SMARTS) is 1. The third-order valence-electron chi connectivity index (χ3n) is 1.96. The zero-order valence-electron chi connectivity index (χ0n) is 8.87. The lowest BCUT2D eigenvalue weighted by atomic mass is 10.2. The Bertz CT molecular complexity index is 597. The fraction of sp³-hybridized carbons (Fsp3) is 0.222. The van der Waals surface area contributed by atoms with Crippen molar-refractivity contribution in [3.63, 3.8) is 0 Å². The minimum Gasteiger partial charge on any atom is -0.480 e. The van der Waals surface area contributed by atoms with Gasteiger partial charge in [0, 0.05) is 11.6 Å². The molecule has 0 bridgehead atoms. The summed E-state index contributed by atoms with van der Waals surface area (Å²) in [6, 6.07) is 2.37. The molecular weight excluding hydrogens is 269 g/mol. The number of aliphatic carboxylic acids is 1. The molecule has 0 spiro atoms. The van der Waals surface area contributed by atoms with Crippen LogP contribution in [0.1, 0.15) is 5.56 Å². The normalized spacial score (nSPS) is 11.2. The predicted octanol–water partition coefficient (Wildman–Crippen LogP) is 0.733. The van der Waals surface area contributed by atoms with E-state index < -0.39 is 43.7 Å². The first kappa shape index (κ1) is 14.0. The second kappa shape index (κ2) is 5.08. The lowest BCUT2D eigenvalue weighted by Crippen LogP contribution is -2.17. The maximum Gasteiger partial charge on any atom is 0.318 e. The standard InChI is InChI=1S/C9H8FNO6S/c10-7-1-2-8(11(14)15)6(3-7)4-18(16,17)5-9(12)13/h1-3H,4-5H2,(H,12,13). The summed E-state index contributed by atoms with van der Waals surface area (Å²) >= 11 is 0. The SMILES string of the molecule is O=C(O)CS(=O)(=O)Cc1cc(F)ccc1[N+](=O)[O-]. The summed E-state index contributed by atoms with van der Waals surface area (Å²) in [5.41, 5.74) is -0.938. The van der Waals surface area contributed by atoms with E-state index in [0.29, 0.717) is 6.07 Å². The first-order valence-corrected chi connectivity index (χ1v) is 6.38. The molecule has 0 aliphatic heterocycles. The van der Waals surface area contributed by atoms with Crippen LogP contribution in [0.2, 0.25) is 0 Å². The van der Waals surface area contributed by atoms with Crippen molar-refractivity contribution >= 4 is 21.5 Å². The van der Waals surface area contributed by atoms with Gasteiger partial charge in [0.15, 0.2) is 9.84 Å². The molecule has 0 aliphatic carbocycles. The molecule has 0 aliphatic rings. The molecule has 1 rings (SSSR count). The Kier molecular flexibility index (Phi) is 3.96. The summed E-state index contributed by atoms with van der Waals surface area (Å²) in [6.07, 6.45) is 0. The van der Waals surface area contributed by atoms with Gasteiger partial charge in [-0.2, -0.15) is 0 Å². The van der Waals surface area contributed by atoms with Gasteiger partial charge in [0.25, 0.3) is 5.69 Å². The summed E-state index contributed by atoms with van der Waals surface area (Å²) < 4.78 is 35.7. The van der Waals surface area contributed by atoms with Gasteiger partial charge in [0.05, 0.1) is 10.7 Å². The average molecular weight is 277 g/mol. The van der Waals surface area contributed by atoms with Gasteiger partial charge in [0.1, 0.15) is 11.6 Å². The quantitative estimate of drug-likeness (QED) is 0.626. The fourth-order valence-corrected chi connectivity index (χ4v) is 2.51. The lowest BCUT2D eigenvalue weighted by molar-refractivity contribution is -0.385. The molecule has 1 aromatic carbocycles. The average Bonchev–Trinajstić information content (AvgIpc) is 2.13. The molecule has 18 heavy (non-hydrogen) atoms. The molecule has 9 heteroatoms. The van der Waals surface area contributed by atoms with E-state index in [9.17, 15) is 27.7 Å². The Morgan fingerprint density at radius 3 is 2.56 bits per heavy atom. The van der Waals surface area contributed by atoms with Gasteiger partial charge in [-0.25, -0.2) is 12.8 Å². The van der Waals surface area contributed by atoms with E-state index in [-0.39, 0.29) is 5.56 Å². The zero-order valence-corrected chi connectivity index (χ0v) is 9.68. The third-order valence-corrected chi connectivity index (χ3v) is 3.39. The van der Waals surface area contributed by atoms with Crippen LogP contribution in [0.4, 0.5) is 10.1 Å². The molecule has 0 saturated heterocycles. The summed E-state index contributed by atoms with van der Waals surface area (Å²) in [5, 5.41) is 19.0. The van der Waals surface area contributed by atoms with E-state index in [1.165, 1.54) is 0 Å². The molecule has 0 amide bonds. The molecule has 0 atom stereocenters. The molecule has 1 N–H and O–H groups in total. The van der Waals surface area contributed by atoms with Crippen LogP contribution < -0.4 is 0 Å². The van der Waals surface area contributed by atoms with Crippen molar-refractivity contribution in [1.82, 2.24) is 0 Å². The molecule has 0 saturated carbocycles. The number of carbonyl (C=O) groups is 1. The highest BCUT2D eigenvalue weighted by atomic mass is 32.2. The first-order valence-electron chi connectivity index (χ1n) is 4.56. The van der Waals surface area contributed by atoms with Gasteiger partial charge >= 0.3 is 5.97 Å². The maximum absolute atomic E-state index is 12.9. The van der Waals surface area contributed by atoms with Crippen LogP contribution in [-0.4, -0.2) is 30.2 Å². The number of halogens is 1. The van der Waals surface area contributed by atoms with Crippen molar-refractivity contribution in [2.45, 2.75) is 5.75 Å². The van der Waals surface area contributed by atoms with Crippen LogP contribution in [0.3, 0.4) is 0 Å². The highest BCUT2D eigenvalue weighted by molar-refractivity contribution is 7.91. The smallest absolute Gasteiger partial charge is 0.318 e. The summed E-state index contributed by atoms with van der Waals surface area (Å²) in [7, 11) is -4.08. The number of carboxylic acids is 1. The van der Waals surface area contributed by atoms with Gasteiger partial charge in [-0.3, -0.25) is 14.9 Å². The van der Waals surface area contributed by atoms with Crippen molar-refractivity contribution in [2.75, 3.05) is 5.75 Å². The summed E-state index contributed by atoms with van der Waals surface area (Å²) in [4.78, 5) is 20.1. The van der Waals surface area contributed by atoms with Crippen molar-refractivity contribution in [3.05, 3.63) is 39.7 Å². The lowest BCUT2D eigenvalue weighted by Gasteiger charge is -2.03. The number of nitro groups is 1. The molecule has 7 nitrogen and oxygen atoms in total. The van der Waals surface area contributed by atoms with Crippen LogP contribution in [0.15, 0.2) is 18.2 Å².